The molecule has 2 rings (SSSR count). The van der Waals surface area contributed by atoms with Crippen molar-refractivity contribution in [1.82, 2.24) is 0 Å². The largest absolute Gasteiger partial charge is 0.469 e. The Kier molecular flexibility index (Phi) is 5.41. The predicted octanol–water partition coefficient (Wildman–Crippen LogP) is 0.981. The summed E-state index contributed by atoms with van der Waals surface area (Å²) in [4.78, 5) is 47.3. The topological polar surface area (TPSA) is 133 Å². The first-order valence-corrected chi connectivity index (χ1v) is 7.79. The third-order valence-electron chi connectivity index (χ3n) is 4.67. The molecule has 1 aromatic rings. The predicted molar refractivity (Wildman–Crippen MR) is 87.1 cm³/mol. The maximum absolute atomic E-state index is 12.5. The van der Waals surface area contributed by atoms with E-state index in [-0.39, 0.29) is 5.69 Å². The second kappa shape index (κ2) is 7.20. The van der Waals surface area contributed by atoms with Gasteiger partial charge in [0.1, 0.15) is 5.92 Å². The van der Waals surface area contributed by atoms with Gasteiger partial charge in [0.2, 0.25) is 0 Å². The fraction of sp³-hybridized carbons (Fsp3) is 0.471. The quantitative estimate of drug-likeness (QED) is 0.361. The minimum atomic E-state index is -1.75. The molecular weight excluding hydrogens is 346 g/mol. The molecule has 140 valence electrons. The highest BCUT2D eigenvalue weighted by Crippen LogP contribution is 2.46. The third kappa shape index (κ3) is 3.43. The van der Waals surface area contributed by atoms with Gasteiger partial charge in [0.25, 0.3) is 5.69 Å². The van der Waals surface area contributed by atoms with E-state index in [1.165, 1.54) is 31.2 Å². The number of carbonyl (C=O) groups excluding carboxylic acids is 3. The Morgan fingerprint density at radius 2 is 1.73 bits per heavy atom. The monoisotopic (exact) mass is 365 g/mol. The molecule has 1 aliphatic carbocycles. The molecule has 0 unspecified atom stereocenters. The van der Waals surface area contributed by atoms with Gasteiger partial charge in [0.15, 0.2) is 5.78 Å². The summed E-state index contributed by atoms with van der Waals surface area (Å²) in [6, 6.07) is 5.10. The maximum atomic E-state index is 12.5. The second-order valence-corrected chi connectivity index (χ2v) is 6.38. The number of methoxy groups -OCH3 is 2. The van der Waals surface area contributed by atoms with Crippen molar-refractivity contribution in [3.8, 4) is 0 Å². The van der Waals surface area contributed by atoms with E-state index in [2.05, 4.69) is 0 Å². The number of hydrogen-bond donors (Lipinski definition) is 1. The van der Waals surface area contributed by atoms with Crippen molar-refractivity contribution in [2.24, 2.45) is 11.8 Å². The van der Waals surface area contributed by atoms with Gasteiger partial charge in [-0.1, -0.05) is 12.1 Å². The van der Waals surface area contributed by atoms with Crippen LogP contribution >= 0.6 is 0 Å². The van der Waals surface area contributed by atoms with Crippen LogP contribution in [-0.2, 0) is 23.9 Å². The molecule has 0 radical (unpaired) electrons. The number of ketones is 1. The number of rotatable bonds is 4. The summed E-state index contributed by atoms with van der Waals surface area (Å²) < 4.78 is 9.47. The first-order valence-electron chi connectivity index (χ1n) is 7.79. The van der Waals surface area contributed by atoms with Crippen molar-refractivity contribution in [3.63, 3.8) is 0 Å². The van der Waals surface area contributed by atoms with Crippen LogP contribution in [0.15, 0.2) is 24.3 Å². The summed E-state index contributed by atoms with van der Waals surface area (Å²) in [7, 11) is 2.25. The average Bonchev–Trinajstić information content (AvgIpc) is 2.59. The molecule has 9 nitrogen and oxygen atoms in total. The third-order valence-corrected chi connectivity index (χ3v) is 4.67. The first-order chi connectivity index (χ1) is 12.1. The van der Waals surface area contributed by atoms with E-state index in [0.29, 0.717) is 5.56 Å². The number of Topliss-reactive ketones (excluding diaryl/α,β-unsaturated/α-hetero) is 1. The van der Waals surface area contributed by atoms with E-state index < -0.39 is 52.4 Å². The molecule has 1 N–H and O–H groups in total. The Bertz CT molecular complexity index is 740. The van der Waals surface area contributed by atoms with Crippen LogP contribution in [0, 0.1) is 22.0 Å². The highest BCUT2D eigenvalue weighted by Gasteiger charge is 2.56. The second-order valence-electron chi connectivity index (χ2n) is 6.38. The number of nitro groups is 1. The van der Waals surface area contributed by atoms with Crippen molar-refractivity contribution in [2.45, 2.75) is 24.9 Å². The molecule has 0 spiro atoms. The molecule has 26 heavy (non-hydrogen) atoms. The lowest BCUT2D eigenvalue weighted by Gasteiger charge is -2.43. The molecule has 0 amide bonds. The van der Waals surface area contributed by atoms with E-state index in [9.17, 15) is 29.6 Å². The summed E-state index contributed by atoms with van der Waals surface area (Å²) in [6.45, 7) is 1.32. The van der Waals surface area contributed by atoms with Crippen LogP contribution in [0.25, 0.3) is 0 Å². The SMILES string of the molecule is COC(=O)[C@@H]1C(=O)C[C@](C)(O)[C@@H](C(=O)OC)[C@H]1c1ccc([N+](=O)[O-])cc1. The summed E-state index contributed by atoms with van der Waals surface area (Å²) in [5.74, 6) is -5.85. The van der Waals surface area contributed by atoms with Crippen molar-refractivity contribution in [2.75, 3.05) is 14.2 Å². The number of hydrogen-bond acceptors (Lipinski definition) is 8. The van der Waals surface area contributed by atoms with Crippen molar-refractivity contribution in [1.29, 1.82) is 0 Å². The summed E-state index contributed by atoms with van der Waals surface area (Å²) in [5, 5.41) is 21.5. The zero-order valence-electron chi connectivity index (χ0n) is 14.5. The number of esters is 2. The molecule has 0 saturated heterocycles. The van der Waals surface area contributed by atoms with E-state index >= 15 is 0 Å². The van der Waals surface area contributed by atoms with Crippen LogP contribution in [0.1, 0.15) is 24.8 Å². The molecule has 4 atom stereocenters. The molecule has 0 aromatic heterocycles. The Morgan fingerprint density at radius 1 is 1.19 bits per heavy atom. The van der Waals surface area contributed by atoms with Gasteiger partial charge in [0, 0.05) is 24.5 Å². The fourth-order valence-corrected chi connectivity index (χ4v) is 3.49. The molecule has 0 bridgehead atoms. The van der Waals surface area contributed by atoms with Crippen LogP contribution < -0.4 is 0 Å². The highest BCUT2D eigenvalue weighted by molar-refractivity contribution is 6.02. The Morgan fingerprint density at radius 3 is 2.19 bits per heavy atom. The smallest absolute Gasteiger partial charge is 0.316 e. The van der Waals surface area contributed by atoms with Crippen LogP contribution in [0.3, 0.4) is 0 Å². The van der Waals surface area contributed by atoms with Crippen molar-refractivity contribution in [3.05, 3.63) is 39.9 Å². The standard InChI is InChI=1S/C17H19NO8/c1-17(22)8-11(19)13(15(20)25-2)12(14(17)16(21)26-3)9-4-6-10(7-5-9)18(23)24/h4-7,12-14,22H,8H2,1-3H3/t12-,13+,14+,17-/m0/s1. The average molecular weight is 365 g/mol. The number of benzene rings is 1. The molecular formula is C17H19NO8. The van der Waals surface area contributed by atoms with Crippen LogP contribution in [0.2, 0.25) is 0 Å². The van der Waals surface area contributed by atoms with E-state index in [1.807, 2.05) is 0 Å². The highest BCUT2D eigenvalue weighted by atomic mass is 16.6. The van der Waals surface area contributed by atoms with Gasteiger partial charge < -0.3 is 14.6 Å². The minimum Gasteiger partial charge on any atom is -0.469 e. The lowest BCUT2D eigenvalue weighted by Crippen LogP contribution is -2.55. The summed E-state index contributed by atoms with van der Waals surface area (Å²) in [6.07, 6.45) is -0.421. The first kappa shape index (κ1) is 19.5. The Labute approximate surface area is 149 Å². The van der Waals surface area contributed by atoms with Gasteiger partial charge in [-0.2, -0.15) is 0 Å². The maximum Gasteiger partial charge on any atom is 0.316 e. The number of carbonyl (C=O) groups is 3. The van der Waals surface area contributed by atoms with E-state index in [4.69, 9.17) is 9.47 Å². The number of aliphatic hydroxyl groups is 1. The van der Waals surface area contributed by atoms with Gasteiger partial charge in [-0.15, -0.1) is 0 Å². The molecule has 1 aliphatic rings. The summed E-state index contributed by atoms with van der Waals surface area (Å²) in [5.41, 5.74) is -1.62. The number of nitro benzene ring substituents is 1. The zero-order chi connectivity index (χ0) is 19.6. The Balaban J connectivity index is 2.62. The van der Waals surface area contributed by atoms with Gasteiger partial charge in [-0.25, -0.2) is 0 Å². The molecule has 1 saturated carbocycles. The lowest BCUT2D eigenvalue weighted by atomic mass is 9.62. The van der Waals surface area contributed by atoms with E-state index in [1.54, 1.807) is 0 Å². The van der Waals surface area contributed by atoms with Crippen LogP contribution in [-0.4, -0.2) is 47.6 Å². The van der Waals surface area contributed by atoms with Gasteiger partial charge in [-0.3, -0.25) is 24.5 Å². The molecule has 9 heteroatoms. The number of ether oxygens (including phenoxy) is 2. The lowest BCUT2D eigenvalue weighted by molar-refractivity contribution is -0.384. The van der Waals surface area contributed by atoms with Crippen molar-refractivity contribution < 1.29 is 33.9 Å². The molecule has 0 heterocycles. The van der Waals surface area contributed by atoms with Gasteiger partial charge in [-0.05, 0) is 12.5 Å². The van der Waals surface area contributed by atoms with E-state index in [0.717, 1.165) is 14.2 Å². The summed E-state index contributed by atoms with van der Waals surface area (Å²) >= 11 is 0. The van der Waals surface area contributed by atoms with Crippen molar-refractivity contribution >= 4 is 23.4 Å². The molecule has 1 aromatic carbocycles. The zero-order valence-corrected chi connectivity index (χ0v) is 14.5. The fourth-order valence-electron chi connectivity index (χ4n) is 3.49. The molecule has 0 aliphatic heterocycles. The van der Waals surface area contributed by atoms with Crippen LogP contribution in [0.4, 0.5) is 5.69 Å². The minimum absolute atomic E-state index is 0.188. The number of nitrogens with zero attached hydrogens (tertiary/aromatic N) is 1. The van der Waals surface area contributed by atoms with Crippen LogP contribution in [0.5, 0.6) is 0 Å². The number of non-ortho nitro benzene ring substituents is 1. The Hall–Kier alpha value is -2.81. The van der Waals surface area contributed by atoms with Gasteiger partial charge >= 0.3 is 11.9 Å². The van der Waals surface area contributed by atoms with Gasteiger partial charge in [0.05, 0.1) is 30.7 Å². The normalized spacial score (nSPS) is 28.3. The molecule has 1 fully saturated rings.